The molecule has 1 atom stereocenters. The molecule has 1 aromatic rings. The van der Waals surface area contributed by atoms with Crippen LogP contribution in [-0.4, -0.2) is 45.4 Å². The SMILES string of the molecule is CCOC(=O)N1CCc2c(OC)c(CNC)cc(OC)c2C1C. The van der Waals surface area contributed by atoms with Gasteiger partial charge in [0.05, 0.1) is 26.9 Å². The van der Waals surface area contributed by atoms with Crippen LogP contribution in [0.5, 0.6) is 11.5 Å². The van der Waals surface area contributed by atoms with E-state index in [2.05, 4.69) is 5.32 Å². The van der Waals surface area contributed by atoms with Crippen LogP contribution in [0.1, 0.15) is 36.6 Å². The Morgan fingerprint density at radius 2 is 2.13 bits per heavy atom. The van der Waals surface area contributed by atoms with Gasteiger partial charge >= 0.3 is 6.09 Å². The van der Waals surface area contributed by atoms with Crippen molar-refractivity contribution in [1.29, 1.82) is 0 Å². The largest absolute Gasteiger partial charge is 0.496 e. The molecule has 2 rings (SSSR count). The molecule has 128 valence electrons. The van der Waals surface area contributed by atoms with Crippen LogP contribution in [0.2, 0.25) is 0 Å². The number of nitrogens with zero attached hydrogens (tertiary/aromatic N) is 1. The summed E-state index contributed by atoms with van der Waals surface area (Å²) in [6.07, 6.45) is 0.432. The Morgan fingerprint density at radius 3 is 2.70 bits per heavy atom. The topological polar surface area (TPSA) is 60.0 Å². The predicted molar refractivity (Wildman–Crippen MR) is 88.2 cm³/mol. The van der Waals surface area contributed by atoms with Gasteiger partial charge in [-0.15, -0.1) is 0 Å². The zero-order chi connectivity index (χ0) is 17.0. The van der Waals surface area contributed by atoms with Gasteiger partial charge in [-0.3, -0.25) is 0 Å². The van der Waals surface area contributed by atoms with Crippen molar-refractivity contribution in [3.05, 3.63) is 22.8 Å². The van der Waals surface area contributed by atoms with Gasteiger partial charge in [0.2, 0.25) is 0 Å². The predicted octanol–water partition coefficient (Wildman–Crippen LogP) is 2.50. The molecule has 0 fully saturated rings. The number of amides is 1. The highest BCUT2D eigenvalue weighted by Gasteiger charge is 2.34. The maximum atomic E-state index is 12.2. The molecule has 0 spiro atoms. The number of hydrogen-bond acceptors (Lipinski definition) is 5. The summed E-state index contributed by atoms with van der Waals surface area (Å²) in [6, 6.07) is 1.87. The molecule has 0 aliphatic carbocycles. The van der Waals surface area contributed by atoms with Crippen molar-refractivity contribution in [1.82, 2.24) is 10.2 Å². The third kappa shape index (κ3) is 3.22. The van der Waals surface area contributed by atoms with E-state index in [0.717, 1.165) is 34.6 Å². The summed E-state index contributed by atoms with van der Waals surface area (Å²) in [5.74, 6) is 1.66. The molecule has 1 amide bonds. The third-order valence-corrected chi connectivity index (χ3v) is 4.24. The zero-order valence-corrected chi connectivity index (χ0v) is 14.6. The van der Waals surface area contributed by atoms with E-state index in [1.54, 1.807) is 19.1 Å². The molecular formula is C17H26N2O4. The number of carbonyl (C=O) groups is 1. The molecule has 0 bridgehead atoms. The second-order valence-corrected chi connectivity index (χ2v) is 5.51. The number of fused-ring (bicyclic) bond motifs is 1. The van der Waals surface area contributed by atoms with E-state index in [0.29, 0.717) is 19.7 Å². The second-order valence-electron chi connectivity index (χ2n) is 5.51. The monoisotopic (exact) mass is 322 g/mol. The van der Waals surface area contributed by atoms with Gasteiger partial charge in [-0.1, -0.05) is 0 Å². The third-order valence-electron chi connectivity index (χ3n) is 4.24. The van der Waals surface area contributed by atoms with E-state index >= 15 is 0 Å². The lowest BCUT2D eigenvalue weighted by Gasteiger charge is -2.36. The van der Waals surface area contributed by atoms with Crippen molar-refractivity contribution in [3.63, 3.8) is 0 Å². The van der Waals surface area contributed by atoms with Gasteiger partial charge in [0.1, 0.15) is 11.5 Å². The van der Waals surface area contributed by atoms with Crippen LogP contribution in [-0.2, 0) is 17.7 Å². The first-order valence-electron chi connectivity index (χ1n) is 7.93. The van der Waals surface area contributed by atoms with Crippen LogP contribution in [0.25, 0.3) is 0 Å². The molecule has 1 aromatic carbocycles. The van der Waals surface area contributed by atoms with Crippen LogP contribution < -0.4 is 14.8 Å². The molecule has 1 aliphatic heterocycles. The van der Waals surface area contributed by atoms with Gasteiger partial charge in [-0.25, -0.2) is 4.79 Å². The van der Waals surface area contributed by atoms with Gasteiger partial charge < -0.3 is 24.4 Å². The van der Waals surface area contributed by atoms with Crippen molar-refractivity contribution >= 4 is 6.09 Å². The van der Waals surface area contributed by atoms with E-state index in [1.165, 1.54) is 0 Å². The average molecular weight is 322 g/mol. The molecule has 1 unspecified atom stereocenters. The Balaban J connectivity index is 2.50. The fourth-order valence-electron chi connectivity index (χ4n) is 3.26. The summed E-state index contributed by atoms with van der Waals surface area (Å²) in [5, 5.41) is 3.15. The number of methoxy groups -OCH3 is 2. The molecule has 0 saturated heterocycles. The highest BCUT2D eigenvalue weighted by Crippen LogP contribution is 2.43. The lowest BCUT2D eigenvalue weighted by Crippen LogP contribution is -2.39. The van der Waals surface area contributed by atoms with Crippen LogP contribution in [0.4, 0.5) is 4.79 Å². The van der Waals surface area contributed by atoms with Gasteiger partial charge in [0.15, 0.2) is 0 Å². The summed E-state index contributed by atoms with van der Waals surface area (Å²) >= 11 is 0. The fraction of sp³-hybridized carbons (Fsp3) is 0.588. The van der Waals surface area contributed by atoms with Crippen molar-refractivity contribution in [2.45, 2.75) is 32.9 Å². The number of ether oxygens (including phenoxy) is 3. The van der Waals surface area contributed by atoms with Gasteiger partial charge in [0.25, 0.3) is 0 Å². The first kappa shape index (κ1) is 17.4. The quantitative estimate of drug-likeness (QED) is 0.902. The lowest BCUT2D eigenvalue weighted by molar-refractivity contribution is 0.0892. The Morgan fingerprint density at radius 1 is 1.39 bits per heavy atom. The van der Waals surface area contributed by atoms with E-state index in [4.69, 9.17) is 14.2 Å². The molecule has 1 heterocycles. The number of carbonyl (C=O) groups excluding carboxylic acids is 1. The van der Waals surface area contributed by atoms with E-state index in [9.17, 15) is 4.79 Å². The zero-order valence-electron chi connectivity index (χ0n) is 14.6. The summed E-state index contributed by atoms with van der Waals surface area (Å²) in [5.41, 5.74) is 3.18. The number of benzene rings is 1. The van der Waals surface area contributed by atoms with Crippen LogP contribution in [0, 0.1) is 0 Å². The highest BCUT2D eigenvalue weighted by molar-refractivity contribution is 5.70. The number of nitrogens with one attached hydrogen (secondary N) is 1. The standard InChI is InChI=1S/C17H26N2O4/c1-6-23-17(20)19-8-7-13-15(11(19)2)14(21-4)9-12(10-18-3)16(13)22-5/h9,11,18H,6-8,10H2,1-5H3. The maximum Gasteiger partial charge on any atom is 0.410 e. The molecule has 0 radical (unpaired) electrons. The van der Waals surface area contributed by atoms with Crippen LogP contribution >= 0.6 is 0 Å². The Hall–Kier alpha value is -1.95. The van der Waals surface area contributed by atoms with Gasteiger partial charge in [-0.05, 0) is 33.4 Å². The Kier molecular flexibility index (Phi) is 5.71. The van der Waals surface area contributed by atoms with E-state index in [-0.39, 0.29) is 12.1 Å². The number of rotatable bonds is 5. The summed E-state index contributed by atoms with van der Waals surface area (Å²) in [4.78, 5) is 13.9. The minimum atomic E-state index is -0.286. The number of hydrogen-bond donors (Lipinski definition) is 1. The van der Waals surface area contributed by atoms with Gasteiger partial charge in [0, 0.05) is 29.8 Å². The van der Waals surface area contributed by atoms with E-state index < -0.39 is 0 Å². The van der Waals surface area contributed by atoms with Crippen molar-refractivity contribution < 1.29 is 19.0 Å². The van der Waals surface area contributed by atoms with Crippen LogP contribution in [0.15, 0.2) is 6.07 Å². The first-order chi connectivity index (χ1) is 11.1. The molecular weight excluding hydrogens is 296 g/mol. The lowest BCUT2D eigenvalue weighted by atomic mass is 9.89. The molecule has 6 heteroatoms. The molecule has 1 aliphatic rings. The molecule has 0 aromatic heterocycles. The van der Waals surface area contributed by atoms with Crippen molar-refractivity contribution in [2.24, 2.45) is 0 Å². The van der Waals surface area contributed by atoms with Crippen molar-refractivity contribution in [2.75, 3.05) is 34.4 Å². The average Bonchev–Trinajstić information content (AvgIpc) is 2.54. The minimum Gasteiger partial charge on any atom is -0.496 e. The minimum absolute atomic E-state index is 0.120. The Bertz CT molecular complexity index is 574. The van der Waals surface area contributed by atoms with Crippen LogP contribution in [0.3, 0.4) is 0 Å². The summed E-state index contributed by atoms with van der Waals surface area (Å²) in [7, 11) is 5.24. The van der Waals surface area contributed by atoms with Gasteiger partial charge in [-0.2, -0.15) is 0 Å². The normalized spacial score (nSPS) is 16.7. The molecule has 0 saturated carbocycles. The van der Waals surface area contributed by atoms with Crippen molar-refractivity contribution in [3.8, 4) is 11.5 Å². The summed E-state index contributed by atoms with van der Waals surface area (Å²) < 4.78 is 16.4. The first-order valence-corrected chi connectivity index (χ1v) is 7.93. The molecule has 23 heavy (non-hydrogen) atoms. The smallest absolute Gasteiger partial charge is 0.410 e. The fourth-order valence-corrected chi connectivity index (χ4v) is 3.26. The molecule has 1 N–H and O–H groups in total. The molecule has 6 nitrogen and oxygen atoms in total. The van der Waals surface area contributed by atoms with E-state index in [1.807, 2.05) is 27.0 Å². The Labute approximate surface area is 137 Å². The maximum absolute atomic E-state index is 12.2. The summed E-state index contributed by atoms with van der Waals surface area (Å²) in [6.45, 7) is 5.48. The highest BCUT2D eigenvalue weighted by atomic mass is 16.6. The second kappa shape index (κ2) is 7.55.